The number of fused-ring (bicyclic) bond motifs is 1. The summed E-state index contributed by atoms with van der Waals surface area (Å²) in [7, 11) is -2.53. The van der Waals surface area contributed by atoms with Crippen molar-refractivity contribution < 1.29 is 9.57 Å². The zero-order valence-corrected chi connectivity index (χ0v) is 17.1. The van der Waals surface area contributed by atoms with Crippen molar-refractivity contribution in [1.82, 2.24) is 0 Å². The van der Waals surface area contributed by atoms with E-state index in [2.05, 4.69) is 64.6 Å². The predicted molar refractivity (Wildman–Crippen MR) is 109 cm³/mol. The molecule has 1 fully saturated rings. The van der Waals surface area contributed by atoms with E-state index in [9.17, 15) is 0 Å². The molecule has 2 aliphatic rings. The first-order valence-corrected chi connectivity index (χ1v) is 12.9. The summed E-state index contributed by atoms with van der Waals surface area (Å²) in [6, 6.07) is 13.2. The van der Waals surface area contributed by atoms with Gasteiger partial charge in [0.1, 0.15) is 0 Å². The maximum absolute atomic E-state index is 6.52. The van der Waals surface area contributed by atoms with Crippen LogP contribution in [0.1, 0.15) is 13.3 Å². The molecule has 2 aliphatic heterocycles. The molecule has 0 aliphatic carbocycles. The lowest BCUT2D eigenvalue weighted by Crippen LogP contribution is -2.80. The Bertz CT molecular complexity index is 805. The van der Waals surface area contributed by atoms with Crippen LogP contribution >= 0.6 is 34.0 Å². The Hall–Kier alpha value is -1.25. The average molecular weight is 404 g/mol. The highest BCUT2D eigenvalue weighted by Crippen LogP contribution is 2.46. The van der Waals surface area contributed by atoms with Gasteiger partial charge in [0.2, 0.25) is 5.41 Å². The standard InChI is InChI=1S/C18H17NO2S3Si/c1-13-14-8-9-20-18(14,21-19-13)25(15-5-2-10-22-15,16-6-3-11-23-16)17-7-4-12-24-17/h2-7,10-12,14H,8-9H2,1H3/t14-,18-/m1/s1. The van der Waals surface area contributed by atoms with E-state index < -0.39 is 13.5 Å². The molecule has 0 radical (unpaired) electrons. The lowest BCUT2D eigenvalue weighted by atomic mass is 10.0. The molecule has 5 rings (SSSR count). The zero-order valence-electron chi connectivity index (χ0n) is 13.7. The van der Waals surface area contributed by atoms with Gasteiger partial charge in [-0.2, -0.15) is 34.0 Å². The van der Waals surface area contributed by atoms with Crippen molar-refractivity contribution in [3.63, 3.8) is 0 Å². The molecule has 0 bridgehead atoms. The van der Waals surface area contributed by atoms with Crippen LogP contribution in [0.2, 0.25) is 0 Å². The van der Waals surface area contributed by atoms with E-state index in [0.717, 1.165) is 18.7 Å². The minimum Gasteiger partial charge on any atom is -0.363 e. The molecule has 1 saturated heterocycles. The lowest BCUT2D eigenvalue weighted by Gasteiger charge is -2.42. The molecule has 0 amide bonds. The van der Waals surface area contributed by atoms with Crippen molar-refractivity contribution in [2.75, 3.05) is 6.61 Å². The summed E-state index contributed by atoms with van der Waals surface area (Å²) < 4.78 is 10.7. The molecule has 5 heterocycles. The minimum absolute atomic E-state index is 0.227. The first kappa shape index (κ1) is 16.0. The predicted octanol–water partition coefficient (Wildman–Crippen LogP) is 3.02. The van der Waals surface area contributed by atoms with Crippen molar-refractivity contribution in [2.45, 2.75) is 18.8 Å². The molecule has 3 aromatic rings. The number of oxime groups is 1. The fraction of sp³-hybridized carbons (Fsp3) is 0.278. The van der Waals surface area contributed by atoms with Crippen LogP contribution in [-0.2, 0) is 9.57 Å². The third-order valence-electron chi connectivity index (χ3n) is 5.21. The Morgan fingerprint density at radius 3 is 2.04 bits per heavy atom. The van der Waals surface area contributed by atoms with Crippen molar-refractivity contribution in [3.05, 3.63) is 52.5 Å². The number of rotatable bonds is 4. The minimum atomic E-state index is -2.53. The normalized spacial score (nSPS) is 25.6. The number of thiophene rings is 3. The molecule has 3 aromatic heterocycles. The highest BCUT2D eigenvalue weighted by molar-refractivity contribution is 7.45. The smallest absolute Gasteiger partial charge is 0.268 e. The van der Waals surface area contributed by atoms with Crippen LogP contribution < -0.4 is 13.5 Å². The van der Waals surface area contributed by atoms with Gasteiger partial charge in [-0.1, -0.05) is 41.6 Å². The molecule has 0 N–H and O–H groups in total. The third kappa shape index (κ3) is 2.01. The second-order valence-corrected chi connectivity index (χ2v) is 14.1. The Kier molecular flexibility index (Phi) is 3.76. The summed E-state index contributed by atoms with van der Waals surface area (Å²) in [4.78, 5) is 6.26. The highest BCUT2D eigenvalue weighted by atomic mass is 32.1. The molecule has 0 aromatic carbocycles. The van der Waals surface area contributed by atoms with Crippen molar-refractivity contribution >= 4 is 61.3 Å². The molecule has 7 heteroatoms. The van der Waals surface area contributed by atoms with Gasteiger partial charge in [-0.25, -0.2) is 0 Å². The molecular formula is C18H17NO2S3Si. The van der Waals surface area contributed by atoms with Crippen LogP contribution in [0.15, 0.2) is 57.7 Å². The molecule has 0 saturated carbocycles. The van der Waals surface area contributed by atoms with Gasteiger partial charge in [-0.05, 0) is 29.5 Å². The van der Waals surface area contributed by atoms with Crippen LogP contribution in [0, 0.1) is 5.92 Å². The van der Waals surface area contributed by atoms with Gasteiger partial charge in [0, 0.05) is 13.5 Å². The SMILES string of the molecule is CC1=NO[C@]2([Si](c3cccs3)(c3cccs3)c3cccs3)OCC[C@H]12. The zero-order chi connectivity index (χ0) is 16.9. The van der Waals surface area contributed by atoms with Crippen molar-refractivity contribution in [2.24, 2.45) is 11.1 Å². The molecule has 0 spiro atoms. The topological polar surface area (TPSA) is 30.8 Å². The van der Waals surface area contributed by atoms with Crippen LogP contribution in [-0.4, -0.2) is 25.8 Å². The van der Waals surface area contributed by atoms with E-state index >= 15 is 0 Å². The van der Waals surface area contributed by atoms with Gasteiger partial charge in [0.05, 0.1) is 18.2 Å². The molecule has 0 unspecified atom stereocenters. The van der Waals surface area contributed by atoms with E-state index in [-0.39, 0.29) is 5.92 Å². The first-order chi connectivity index (χ1) is 12.3. The van der Waals surface area contributed by atoms with Gasteiger partial charge in [-0.3, -0.25) is 0 Å². The number of hydrogen-bond acceptors (Lipinski definition) is 6. The third-order valence-corrected chi connectivity index (χ3v) is 15.4. The van der Waals surface area contributed by atoms with Gasteiger partial charge in [0.15, 0.2) is 0 Å². The van der Waals surface area contributed by atoms with Crippen LogP contribution in [0.5, 0.6) is 0 Å². The first-order valence-electron chi connectivity index (χ1n) is 8.27. The molecule has 128 valence electrons. The number of ether oxygens (including phenoxy) is 1. The Labute approximate surface area is 159 Å². The maximum Gasteiger partial charge on any atom is 0.268 e. The van der Waals surface area contributed by atoms with Crippen LogP contribution in [0.4, 0.5) is 0 Å². The van der Waals surface area contributed by atoms with E-state index in [0.29, 0.717) is 0 Å². The maximum atomic E-state index is 6.52. The fourth-order valence-corrected chi connectivity index (χ4v) is 16.3. The summed E-state index contributed by atoms with van der Waals surface area (Å²) >= 11 is 5.47. The second-order valence-electron chi connectivity index (χ2n) is 6.36. The summed E-state index contributed by atoms with van der Waals surface area (Å²) in [5.41, 5.74) is 0.400. The lowest BCUT2D eigenvalue weighted by molar-refractivity contribution is -0.150. The molecule has 25 heavy (non-hydrogen) atoms. The Morgan fingerprint density at radius 2 is 1.56 bits per heavy atom. The van der Waals surface area contributed by atoms with Gasteiger partial charge in [-0.15, -0.1) is 0 Å². The average Bonchev–Trinajstić information content (AvgIpc) is 3.44. The second kappa shape index (κ2) is 5.89. The fourth-order valence-electron chi connectivity index (χ4n) is 4.19. The van der Waals surface area contributed by atoms with Gasteiger partial charge < -0.3 is 9.57 Å². The highest BCUT2D eigenvalue weighted by Gasteiger charge is 2.71. The van der Waals surface area contributed by atoms with Gasteiger partial charge in [0.25, 0.3) is 8.07 Å². The summed E-state index contributed by atoms with van der Waals surface area (Å²) in [6.07, 6.45) is 0.978. The van der Waals surface area contributed by atoms with E-state index in [1.807, 2.05) is 34.0 Å². The van der Waals surface area contributed by atoms with E-state index in [4.69, 9.17) is 9.57 Å². The monoisotopic (exact) mass is 403 g/mol. The molecule has 3 nitrogen and oxygen atoms in total. The summed E-state index contributed by atoms with van der Waals surface area (Å²) in [5.74, 6) is 0.227. The Morgan fingerprint density at radius 1 is 1.00 bits per heavy atom. The van der Waals surface area contributed by atoms with E-state index in [1.54, 1.807) is 0 Å². The molecular weight excluding hydrogens is 386 g/mol. The Balaban J connectivity index is 1.86. The van der Waals surface area contributed by atoms with Crippen LogP contribution in [0.3, 0.4) is 0 Å². The molecule has 2 atom stereocenters. The van der Waals surface area contributed by atoms with E-state index in [1.165, 1.54) is 13.5 Å². The quantitative estimate of drug-likeness (QED) is 0.627. The summed E-state index contributed by atoms with van der Waals surface area (Å²) in [6.45, 7) is 2.81. The van der Waals surface area contributed by atoms with Gasteiger partial charge >= 0.3 is 0 Å². The van der Waals surface area contributed by atoms with Crippen molar-refractivity contribution in [3.8, 4) is 0 Å². The van der Waals surface area contributed by atoms with Crippen molar-refractivity contribution in [1.29, 1.82) is 0 Å². The number of nitrogens with zero attached hydrogens (tertiary/aromatic N) is 1. The largest absolute Gasteiger partial charge is 0.363 e. The van der Waals surface area contributed by atoms with Crippen LogP contribution in [0.25, 0.3) is 0 Å². The number of hydrogen-bond donors (Lipinski definition) is 0. The summed E-state index contributed by atoms with van der Waals surface area (Å²) in [5, 5.41) is 10.9.